The maximum Gasteiger partial charge on any atom is 0.0438 e. The Labute approximate surface area is 116 Å². The van der Waals surface area contributed by atoms with Crippen LogP contribution in [0.2, 0.25) is 5.02 Å². The molecule has 0 amide bonds. The van der Waals surface area contributed by atoms with E-state index in [1.54, 1.807) is 0 Å². The highest BCUT2D eigenvalue weighted by molar-refractivity contribution is 6.31. The second kappa shape index (κ2) is 3.98. The minimum absolute atomic E-state index is 0.103. The summed E-state index contributed by atoms with van der Waals surface area (Å²) in [5.41, 5.74) is 10.7. The predicted molar refractivity (Wildman–Crippen MR) is 78.9 cm³/mol. The summed E-state index contributed by atoms with van der Waals surface area (Å²) in [5, 5.41) is 0.831. The van der Waals surface area contributed by atoms with Gasteiger partial charge in [-0.25, -0.2) is 0 Å². The van der Waals surface area contributed by atoms with Crippen molar-refractivity contribution in [1.82, 2.24) is 0 Å². The Morgan fingerprint density at radius 2 is 1.56 bits per heavy atom. The molecule has 1 unspecified atom stereocenters. The fourth-order valence-electron chi connectivity index (χ4n) is 3.49. The number of halogens is 1. The van der Waals surface area contributed by atoms with Crippen molar-refractivity contribution in [3.8, 4) is 0 Å². The predicted octanol–water partition coefficient (Wildman–Crippen LogP) is 4.64. The highest BCUT2D eigenvalue weighted by Crippen LogP contribution is 2.71. The van der Waals surface area contributed by atoms with Crippen LogP contribution in [0.15, 0.2) is 12.1 Å². The molecule has 2 heteroatoms. The Morgan fingerprint density at radius 3 is 2.00 bits per heavy atom. The van der Waals surface area contributed by atoms with E-state index in [4.69, 9.17) is 17.3 Å². The smallest absolute Gasteiger partial charge is 0.0438 e. The molecule has 100 valence electrons. The Balaban J connectivity index is 2.37. The summed E-state index contributed by atoms with van der Waals surface area (Å²) < 4.78 is 0. The lowest BCUT2D eigenvalue weighted by Gasteiger charge is -2.18. The lowest BCUT2D eigenvalue weighted by atomic mass is 9.92. The van der Waals surface area contributed by atoms with Crippen LogP contribution in [0.1, 0.15) is 50.4 Å². The first-order valence-electron chi connectivity index (χ1n) is 6.63. The van der Waals surface area contributed by atoms with Crippen molar-refractivity contribution in [3.63, 3.8) is 0 Å². The standard InChI is InChI=1S/C16H24ClN/c1-9-8-12(17)10(2)7-11(9)13(18)14-15(3,4)16(14,5)6/h7-8,13-14H,18H2,1-6H3. The van der Waals surface area contributed by atoms with Crippen LogP contribution in [0, 0.1) is 30.6 Å². The minimum atomic E-state index is 0.103. The topological polar surface area (TPSA) is 26.0 Å². The molecule has 0 saturated heterocycles. The monoisotopic (exact) mass is 265 g/mol. The Kier molecular flexibility index (Phi) is 3.07. The fraction of sp³-hybridized carbons (Fsp3) is 0.625. The van der Waals surface area contributed by atoms with Crippen LogP contribution in [-0.2, 0) is 0 Å². The van der Waals surface area contributed by atoms with Gasteiger partial charge in [-0.15, -0.1) is 0 Å². The van der Waals surface area contributed by atoms with E-state index in [1.807, 2.05) is 13.0 Å². The fourth-order valence-corrected chi connectivity index (χ4v) is 3.71. The molecule has 0 heterocycles. The van der Waals surface area contributed by atoms with Crippen LogP contribution in [0.25, 0.3) is 0 Å². The van der Waals surface area contributed by atoms with Gasteiger partial charge in [-0.2, -0.15) is 0 Å². The molecular formula is C16H24ClN. The average molecular weight is 266 g/mol. The molecule has 1 fully saturated rings. The Morgan fingerprint density at radius 1 is 1.06 bits per heavy atom. The van der Waals surface area contributed by atoms with E-state index in [-0.39, 0.29) is 6.04 Å². The first kappa shape index (κ1) is 13.9. The van der Waals surface area contributed by atoms with Crippen molar-refractivity contribution in [2.24, 2.45) is 22.5 Å². The largest absolute Gasteiger partial charge is 0.324 e. The van der Waals surface area contributed by atoms with Gasteiger partial charge in [0.25, 0.3) is 0 Å². The molecule has 1 aliphatic rings. The summed E-state index contributed by atoms with van der Waals surface area (Å²) in [4.78, 5) is 0. The first-order chi connectivity index (χ1) is 8.10. The number of nitrogens with two attached hydrogens (primary N) is 1. The van der Waals surface area contributed by atoms with Crippen molar-refractivity contribution < 1.29 is 0 Å². The molecule has 2 N–H and O–H groups in total. The summed E-state index contributed by atoms with van der Waals surface area (Å²) in [7, 11) is 0. The SMILES string of the molecule is Cc1cc(C(N)C2C(C)(C)C2(C)C)c(C)cc1Cl. The van der Waals surface area contributed by atoms with Crippen molar-refractivity contribution in [2.75, 3.05) is 0 Å². The van der Waals surface area contributed by atoms with Crippen LogP contribution in [0.3, 0.4) is 0 Å². The van der Waals surface area contributed by atoms with Crippen LogP contribution in [0.5, 0.6) is 0 Å². The molecule has 0 bridgehead atoms. The molecule has 1 atom stereocenters. The van der Waals surface area contributed by atoms with Gasteiger partial charge in [0.1, 0.15) is 0 Å². The van der Waals surface area contributed by atoms with Gasteiger partial charge in [0.2, 0.25) is 0 Å². The van der Waals surface area contributed by atoms with Gasteiger partial charge in [0.15, 0.2) is 0 Å². The molecule has 1 aromatic rings. The molecule has 0 spiro atoms. The third-order valence-electron chi connectivity index (χ3n) is 5.40. The zero-order valence-corrected chi connectivity index (χ0v) is 13.0. The van der Waals surface area contributed by atoms with Crippen LogP contribution in [-0.4, -0.2) is 0 Å². The first-order valence-corrected chi connectivity index (χ1v) is 7.00. The maximum absolute atomic E-state index is 6.53. The van der Waals surface area contributed by atoms with E-state index in [2.05, 4.69) is 40.7 Å². The minimum Gasteiger partial charge on any atom is -0.324 e. The van der Waals surface area contributed by atoms with Gasteiger partial charge < -0.3 is 5.73 Å². The number of hydrogen-bond acceptors (Lipinski definition) is 1. The van der Waals surface area contributed by atoms with Crippen LogP contribution >= 0.6 is 11.6 Å². The van der Waals surface area contributed by atoms with Crippen molar-refractivity contribution >= 4 is 11.6 Å². The van der Waals surface area contributed by atoms with E-state index < -0.39 is 0 Å². The molecule has 2 rings (SSSR count). The molecule has 1 saturated carbocycles. The van der Waals surface area contributed by atoms with Gasteiger partial charge in [-0.3, -0.25) is 0 Å². The summed E-state index contributed by atoms with van der Waals surface area (Å²) in [5.74, 6) is 0.532. The lowest BCUT2D eigenvalue weighted by molar-refractivity contribution is 0.457. The second-order valence-electron chi connectivity index (χ2n) is 6.90. The third-order valence-corrected chi connectivity index (χ3v) is 5.81. The maximum atomic E-state index is 6.53. The molecule has 0 radical (unpaired) electrons. The van der Waals surface area contributed by atoms with Crippen molar-refractivity contribution in [1.29, 1.82) is 0 Å². The normalized spacial score (nSPS) is 22.9. The number of aryl methyl sites for hydroxylation is 2. The summed E-state index contributed by atoms with van der Waals surface area (Å²) >= 11 is 6.16. The highest BCUT2D eigenvalue weighted by Gasteiger charge is 2.66. The molecule has 1 aliphatic carbocycles. The molecule has 0 aromatic heterocycles. The molecule has 18 heavy (non-hydrogen) atoms. The quantitative estimate of drug-likeness (QED) is 0.828. The summed E-state index contributed by atoms with van der Waals surface area (Å²) in [6, 6.07) is 4.30. The average Bonchev–Trinajstić information content (AvgIpc) is 2.62. The zero-order chi connectivity index (χ0) is 13.9. The molecule has 1 aromatic carbocycles. The Hall–Kier alpha value is -0.530. The van der Waals surface area contributed by atoms with Gasteiger partial charge in [0.05, 0.1) is 0 Å². The van der Waals surface area contributed by atoms with E-state index in [0.29, 0.717) is 16.7 Å². The summed E-state index contributed by atoms with van der Waals surface area (Å²) in [6.07, 6.45) is 0. The molecular weight excluding hydrogens is 242 g/mol. The zero-order valence-electron chi connectivity index (χ0n) is 12.3. The Bertz CT molecular complexity index is 474. The van der Waals surface area contributed by atoms with Crippen LogP contribution < -0.4 is 5.73 Å². The van der Waals surface area contributed by atoms with Gasteiger partial charge in [0, 0.05) is 11.1 Å². The third kappa shape index (κ3) is 1.80. The van der Waals surface area contributed by atoms with Crippen molar-refractivity contribution in [3.05, 3.63) is 33.8 Å². The lowest BCUT2D eigenvalue weighted by Crippen LogP contribution is -2.18. The summed E-state index contributed by atoms with van der Waals surface area (Å²) in [6.45, 7) is 13.4. The number of rotatable bonds is 2. The second-order valence-corrected chi connectivity index (χ2v) is 7.31. The van der Waals surface area contributed by atoms with E-state index >= 15 is 0 Å². The van der Waals surface area contributed by atoms with E-state index in [0.717, 1.165) is 10.6 Å². The van der Waals surface area contributed by atoms with Gasteiger partial charge >= 0.3 is 0 Å². The van der Waals surface area contributed by atoms with Crippen LogP contribution in [0.4, 0.5) is 0 Å². The van der Waals surface area contributed by atoms with E-state index in [9.17, 15) is 0 Å². The van der Waals surface area contributed by atoms with Gasteiger partial charge in [-0.05, 0) is 53.4 Å². The van der Waals surface area contributed by atoms with E-state index in [1.165, 1.54) is 11.1 Å². The number of benzene rings is 1. The van der Waals surface area contributed by atoms with Gasteiger partial charge in [-0.1, -0.05) is 45.4 Å². The molecule has 0 aliphatic heterocycles. The van der Waals surface area contributed by atoms with Crippen molar-refractivity contribution in [2.45, 2.75) is 47.6 Å². The number of hydrogen-bond donors (Lipinski definition) is 1. The molecule has 1 nitrogen and oxygen atoms in total. The highest BCUT2D eigenvalue weighted by atomic mass is 35.5.